The summed E-state index contributed by atoms with van der Waals surface area (Å²) in [7, 11) is 0. The van der Waals surface area contributed by atoms with Gasteiger partial charge in [0.15, 0.2) is 0 Å². The van der Waals surface area contributed by atoms with Crippen molar-refractivity contribution in [3.63, 3.8) is 0 Å². The van der Waals surface area contributed by atoms with E-state index in [1.54, 1.807) is 0 Å². The van der Waals surface area contributed by atoms with E-state index in [0.29, 0.717) is 50.8 Å². The minimum Gasteiger partial charge on any atom is -0.381 e. The van der Waals surface area contributed by atoms with Crippen LogP contribution in [-0.4, -0.2) is 62.4 Å². The number of hydrogen-bond acceptors (Lipinski definition) is 5. The predicted molar refractivity (Wildman–Crippen MR) is 111 cm³/mol. The molecule has 3 rings (SSSR count). The Morgan fingerprint density at radius 2 is 1.81 bits per heavy atom. The van der Waals surface area contributed by atoms with Crippen LogP contribution in [0.3, 0.4) is 0 Å². The van der Waals surface area contributed by atoms with Crippen molar-refractivity contribution in [2.45, 2.75) is 24.4 Å². The van der Waals surface area contributed by atoms with Crippen LogP contribution in [0.4, 0.5) is 0 Å². The van der Waals surface area contributed by atoms with E-state index >= 15 is 0 Å². The Bertz CT molecular complexity index is 594. The van der Waals surface area contributed by atoms with Crippen molar-refractivity contribution in [1.82, 2.24) is 10.2 Å². The molecule has 0 spiro atoms. The van der Waals surface area contributed by atoms with Gasteiger partial charge in [0.1, 0.15) is 0 Å². The van der Waals surface area contributed by atoms with Crippen molar-refractivity contribution in [3.05, 3.63) is 34.9 Å². The summed E-state index contributed by atoms with van der Waals surface area (Å²) in [4.78, 5) is 15.0. The van der Waals surface area contributed by atoms with Crippen LogP contribution >= 0.6 is 36.4 Å². The highest BCUT2D eigenvalue weighted by Crippen LogP contribution is 2.25. The largest absolute Gasteiger partial charge is 0.381 e. The van der Waals surface area contributed by atoms with E-state index in [-0.39, 0.29) is 36.8 Å². The SMILES string of the molecule is Cl.Cl.NC1(C(=O)NCC(c2cccc(Cl)c2)N2CCOCC2)CCOCC1. The summed E-state index contributed by atoms with van der Waals surface area (Å²) in [6, 6.07) is 7.85. The molecule has 2 fully saturated rings. The molecule has 2 aliphatic heterocycles. The number of carbonyl (C=O) groups excluding carboxylic acids is 1. The fourth-order valence-corrected chi connectivity index (χ4v) is 3.59. The number of nitrogens with zero attached hydrogens (tertiary/aromatic N) is 1. The van der Waals surface area contributed by atoms with Crippen LogP contribution in [0.2, 0.25) is 5.02 Å². The molecule has 1 aromatic carbocycles. The lowest BCUT2D eigenvalue weighted by atomic mass is 9.90. The molecular weight excluding hydrogens is 413 g/mol. The van der Waals surface area contributed by atoms with Gasteiger partial charge in [0.05, 0.1) is 24.8 Å². The quantitative estimate of drug-likeness (QED) is 0.734. The second-order valence-corrected chi connectivity index (χ2v) is 7.13. The van der Waals surface area contributed by atoms with Crippen molar-refractivity contribution in [1.29, 1.82) is 0 Å². The zero-order valence-corrected chi connectivity index (χ0v) is 17.6. The molecule has 9 heteroatoms. The van der Waals surface area contributed by atoms with Gasteiger partial charge in [0, 0.05) is 37.9 Å². The van der Waals surface area contributed by atoms with Crippen LogP contribution in [-0.2, 0) is 14.3 Å². The van der Waals surface area contributed by atoms with Crippen molar-refractivity contribution in [2.75, 3.05) is 46.1 Å². The van der Waals surface area contributed by atoms with Crippen LogP contribution < -0.4 is 11.1 Å². The standard InChI is InChI=1S/C18H26ClN3O3.2ClH/c19-15-3-1-2-14(12-15)16(22-6-10-25-11-7-22)13-21-17(23)18(20)4-8-24-9-5-18;;/h1-3,12,16H,4-11,13,20H2,(H,21,23);2*1H. The molecule has 0 saturated carbocycles. The first-order valence-electron chi connectivity index (χ1n) is 8.81. The number of halogens is 3. The average molecular weight is 441 g/mol. The number of rotatable bonds is 5. The Kier molecular flexibility index (Phi) is 10.3. The van der Waals surface area contributed by atoms with Gasteiger partial charge in [-0.2, -0.15) is 0 Å². The molecule has 1 atom stereocenters. The lowest BCUT2D eigenvalue weighted by molar-refractivity contribution is -0.130. The topological polar surface area (TPSA) is 76.8 Å². The molecule has 2 saturated heterocycles. The Morgan fingerprint density at radius 1 is 1.19 bits per heavy atom. The van der Waals surface area contributed by atoms with Crippen LogP contribution in [0.1, 0.15) is 24.4 Å². The molecule has 27 heavy (non-hydrogen) atoms. The summed E-state index contributed by atoms with van der Waals surface area (Å²) >= 11 is 6.17. The maximum absolute atomic E-state index is 12.6. The van der Waals surface area contributed by atoms with E-state index in [9.17, 15) is 4.79 Å². The summed E-state index contributed by atoms with van der Waals surface area (Å²) in [6.45, 7) is 4.62. The van der Waals surface area contributed by atoms with Crippen LogP contribution in [0.15, 0.2) is 24.3 Å². The third-order valence-corrected chi connectivity index (χ3v) is 5.25. The van der Waals surface area contributed by atoms with Crippen LogP contribution in [0, 0.1) is 0 Å². The first kappa shape index (κ1) is 24.4. The second kappa shape index (κ2) is 11.4. The molecule has 1 unspecified atom stereocenters. The highest BCUT2D eigenvalue weighted by molar-refractivity contribution is 6.30. The van der Waals surface area contributed by atoms with E-state index in [4.69, 9.17) is 26.8 Å². The first-order valence-corrected chi connectivity index (χ1v) is 9.18. The number of amides is 1. The molecule has 0 bridgehead atoms. The second-order valence-electron chi connectivity index (χ2n) is 6.70. The lowest BCUT2D eigenvalue weighted by Gasteiger charge is -2.36. The molecule has 0 aliphatic carbocycles. The summed E-state index contributed by atoms with van der Waals surface area (Å²) in [6.07, 6.45) is 1.11. The molecule has 2 aliphatic rings. The monoisotopic (exact) mass is 439 g/mol. The number of nitrogens with two attached hydrogens (primary N) is 1. The summed E-state index contributed by atoms with van der Waals surface area (Å²) in [5, 5.41) is 3.76. The molecule has 1 amide bonds. The Hall–Kier alpha value is -0.600. The van der Waals surface area contributed by atoms with E-state index < -0.39 is 5.54 Å². The van der Waals surface area contributed by atoms with Gasteiger partial charge in [0.25, 0.3) is 0 Å². The van der Waals surface area contributed by atoms with Gasteiger partial charge in [-0.3, -0.25) is 9.69 Å². The predicted octanol–water partition coefficient (Wildman–Crippen LogP) is 2.18. The van der Waals surface area contributed by atoms with Crippen molar-refractivity contribution < 1.29 is 14.3 Å². The number of carbonyl (C=O) groups is 1. The lowest BCUT2D eigenvalue weighted by Crippen LogP contribution is -2.58. The van der Waals surface area contributed by atoms with Gasteiger partial charge in [-0.25, -0.2) is 0 Å². The van der Waals surface area contributed by atoms with Gasteiger partial charge in [-0.1, -0.05) is 23.7 Å². The molecule has 3 N–H and O–H groups in total. The number of ether oxygens (including phenoxy) is 2. The number of benzene rings is 1. The smallest absolute Gasteiger partial charge is 0.240 e. The third kappa shape index (κ3) is 6.46. The minimum atomic E-state index is -0.831. The van der Waals surface area contributed by atoms with Crippen LogP contribution in [0.25, 0.3) is 0 Å². The zero-order chi connectivity index (χ0) is 17.7. The van der Waals surface area contributed by atoms with E-state index in [0.717, 1.165) is 18.7 Å². The Labute approximate surface area is 177 Å². The Morgan fingerprint density at radius 3 is 2.44 bits per heavy atom. The zero-order valence-electron chi connectivity index (χ0n) is 15.2. The van der Waals surface area contributed by atoms with Gasteiger partial charge >= 0.3 is 0 Å². The molecule has 2 heterocycles. The molecule has 6 nitrogen and oxygen atoms in total. The van der Waals surface area contributed by atoms with Crippen molar-refractivity contribution in [3.8, 4) is 0 Å². The third-order valence-electron chi connectivity index (χ3n) is 5.01. The number of hydrogen-bond donors (Lipinski definition) is 2. The minimum absolute atomic E-state index is 0. The maximum atomic E-state index is 12.6. The van der Waals surface area contributed by atoms with Gasteiger partial charge in [0.2, 0.25) is 5.91 Å². The highest BCUT2D eigenvalue weighted by atomic mass is 35.5. The highest BCUT2D eigenvalue weighted by Gasteiger charge is 2.36. The van der Waals surface area contributed by atoms with Gasteiger partial charge < -0.3 is 20.5 Å². The van der Waals surface area contributed by atoms with Crippen molar-refractivity contribution >= 4 is 42.3 Å². The fraction of sp³-hybridized carbons (Fsp3) is 0.611. The number of nitrogens with one attached hydrogen (secondary N) is 1. The van der Waals surface area contributed by atoms with Crippen molar-refractivity contribution in [2.24, 2.45) is 5.73 Å². The molecule has 1 aromatic rings. The summed E-state index contributed by atoms with van der Waals surface area (Å²) in [5.41, 5.74) is 6.54. The van der Waals surface area contributed by atoms with E-state index in [1.165, 1.54) is 0 Å². The van der Waals surface area contributed by atoms with Gasteiger partial charge in [-0.05, 0) is 30.5 Å². The molecule has 0 radical (unpaired) electrons. The van der Waals surface area contributed by atoms with E-state index in [1.807, 2.05) is 24.3 Å². The molecule has 154 valence electrons. The van der Waals surface area contributed by atoms with Gasteiger partial charge in [-0.15, -0.1) is 24.8 Å². The number of morpholine rings is 1. The maximum Gasteiger partial charge on any atom is 0.240 e. The van der Waals surface area contributed by atoms with E-state index in [2.05, 4.69) is 10.2 Å². The molecular formula is C18H28Cl3N3O3. The summed E-state index contributed by atoms with van der Waals surface area (Å²) < 4.78 is 10.8. The van der Waals surface area contributed by atoms with Crippen LogP contribution in [0.5, 0.6) is 0 Å². The first-order chi connectivity index (χ1) is 12.1. The summed E-state index contributed by atoms with van der Waals surface area (Å²) in [5.74, 6) is -0.101. The molecule has 0 aromatic heterocycles. The normalized spacial score (nSPS) is 20.7. The Balaban J connectivity index is 0.00000182. The average Bonchev–Trinajstić information content (AvgIpc) is 2.63. The fourth-order valence-electron chi connectivity index (χ4n) is 3.39.